The van der Waals surface area contributed by atoms with Crippen LogP contribution in [0.3, 0.4) is 0 Å². The molecule has 1 unspecified atom stereocenters. The molecular formula is C36H36ClN9O10S. The minimum Gasteiger partial charge on any atom is -0.506 e. The van der Waals surface area contributed by atoms with Gasteiger partial charge < -0.3 is 20.5 Å². The van der Waals surface area contributed by atoms with Gasteiger partial charge in [0.1, 0.15) is 42.1 Å². The number of ether oxygens (including phenoxy) is 1. The van der Waals surface area contributed by atoms with E-state index in [0.717, 1.165) is 17.7 Å². The zero-order valence-corrected chi connectivity index (χ0v) is 31.7. The zero-order chi connectivity index (χ0) is 40.4. The molecule has 2 saturated heterocycles. The number of nitrogens with one attached hydrogen (secondary N) is 4. The van der Waals surface area contributed by atoms with Gasteiger partial charge in [-0.1, -0.05) is 35.4 Å². The lowest BCUT2D eigenvalue weighted by Crippen LogP contribution is -2.54. The van der Waals surface area contributed by atoms with Crippen molar-refractivity contribution in [2.75, 3.05) is 29.3 Å². The van der Waals surface area contributed by atoms with Gasteiger partial charge in [-0.2, -0.15) is 8.42 Å². The van der Waals surface area contributed by atoms with Crippen LogP contribution in [0.2, 0.25) is 5.02 Å². The first kappa shape index (κ1) is 39.0. The summed E-state index contributed by atoms with van der Waals surface area (Å²) < 4.78 is 34.7. The third kappa shape index (κ3) is 8.17. The first-order valence-electron chi connectivity index (χ1n) is 18.0. The van der Waals surface area contributed by atoms with E-state index >= 15 is 0 Å². The number of unbranched alkanes of at least 4 members (excludes halogenated alkanes) is 2. The van der Waals surface area contributed by atoms with Crippen LogP contribution in [0.15, 0.2) is 48.7 Å². The van der Waals surface area contributed by atoms with Gasteiger partial charge in [0, 0.05) is 30.5 Å². The molecule has 3 aromatic carbocycles. The van der Waals surface area contributed by atoms with Crippen LogP contribution >= 0.6 is 11.6 Å². The number of phenols is 1. The maximum Gasteiger partial charge on any atom is 0.326 e. The summed E-state index contributed by atoms with van der Waals surface area (Å²) in [4.78, 5) is 75.4. The van der Waals surface area contributed by atoms with Crippen molar-refractivity contribution < 1.29 is 47.0 Å². The fourth-order valence-electron chi connectivity index (χ4n) is 6.84. The number of carbonyl (C=O) groups is 6. The number of fused-ring (bicyclic) bond motifs is 2. The van der Waals surface area contributed by atoms with Crippen LogP contribution in [-0.2, 0) is 42.5 Å². The van der Waals surface area contributed by atoms with Crippen LogP contribution in [0.1, 0.15) is 64.9 Å². The minimum absolute atomic E-state index is 0.0324. The molecule has 298 valence electrons. The van der Waals surface area contributed by atoms with Crippen molar-refractivity contribution in [3.05, 3.63) is 70.5 Å². The van der Waals surface area contributed by atoms with Crippen molar-refractivity contribution in [2.45, 2.75) is 57.7 Å². The van der Waals surface area contributed by atoms with Crippen LogP contribution in [0.4, 0.5) is 11.4 Å². The van der Waals surface area contributed by atoms with Crippen molar-refractivity contribution in [3.63, 3.8) is 0 Å². The highest BCUT2D eigenvalue weighted by atomic mass is 35.5. The Kier molecular flexibility index (Phi) is 11.0. The Morgan fingerprint density at radius 1 is 1.04 bits per heavy atom. The number of carbonyl (C=O) groups excluding carboxylic acids is 6. The number of anilines is 2. The number of rotatable bonds is 15. The molecule has 7 rings (SSSR count). The molecule has 1 atom stereocenters. The molecule has 0 spiro atoms. The molecule has 5 N–H and O–H groups in total. The molecule has 1 aromatic heterocycles. The molecule has 0 aliphatic carbocycles. The van der Waals surface area contributed by atoms with Gasteiger partial charge in [-0.15, -0.1) is 5.10 Å². The molecule has 3 aliphatic heterocycles. The molecule has 4 heterocycles. The summed E-state index contributed by atoms with van der Waals surface area (Å²) in [5, 5.41) is 27.8. The minimum atomic E-state index is -4.20. The Labute approximate surface area is 329 Å². The van der Waals surface area contributed by atoms with E-state index in [2.05, 4.69) is 26.3 Å². The number of nitrogens with zero attached hydrogens (tertiary/aromatic N) is 5. The molecule has 2 fully saturated rings. The monoisotopic (exact) mass is 821 g/mol. The second kappa shape index (κ2) is 16.1. The van der Waals surface area contributed by atoms with Gasteiger partial charge in [0.25, 0.3) is 17.7 Å². The molecule has 4 aromatic rings. The van der Waals surface area contributed by atoms with Crippen LogP contribution in [0, 0.1) is 0 Å². The van der Waals surface area contributed by atoms with E-state index in [0.29, 0.717) is 51.6 Å². The van der Waals surface area contributed by atoms with Gasteiger partial charge in [0.2, 0.25) is 17.7 Å². The third-order valence-electron chi connectivity index (χ3n) is 9.57. The number of imide groups is 2. The fraction of sp³-hybridized carbons (Fsp3) is 0.333. The first-order valence-corrected chi connectivity index (χ1v) is 19.8. The Morgan fingerprint density at radius 2 is 1.86 bits per heavy atom. The SMILES string of the molecule is O=C(CCCCCn1cc(CNc2cccc3c2C(=O)N(C2CCC(=O)NC2=O)C3=O)nn1)NCCOc1ccc2cc(O)c(N3CC(=O)NS3(=O)=O)c(Cl)c2c1. The van der Waals surface area contributed by atoms with Crippen LogP contribution < -0.4 is 29.7 Å². The fourth-order valence-corrected chi connectivity index (χ4v) is 8.43. The maximum atomic E-state index is 13.3. The molecule has 0 saturated carbocycles. The highest BCUT2D eigenvalue weighted by Crippen LogP contribution is 2.43. The van der Waals surface area contributed by atoms with Gasteiger partial charge in [-0.05, 0) is 55.0 Å². The van der Waals surface area contributed by atoms with Crippen molar-refractivity contribution in [3.8, 4) is 11.5 Å². The molecular weight excluding hydrogens is 786 g/mol. The van der Waals surface area contributed by atoms with E-state index < -0.39 is 58.1 Å². The number of aromatic nitrogens is 3. The lowest BCUT2D eigenvalue weighted by atomic mass is 10.0. The van der Waals surface area contributed by atoms with E-state index in [9.17, 15) is 42.3 Å². The van der Waals surface area contributed by atoms with E-state index in [1.165, 1.54) is 12.1 Å². The Balaban J connectivity index is 0.816. The zero-order valence-electron chi connectivity index (χ0n) is 30.1. The molecule has 21 heteroatoms. The highest BCUT2D eigenvalue weighted by Gasteiger charge is 2.45. The Hall–Kier alpha value is -6.28. The lowest BCUT2D eigenvalue weighted by Gasteiger charge is -2.27. The molecule has 3 aliphatic rings. The molecule has 57 heavy (non-hydrogen) atoms. The molecule has 19 nitrogen and oxygen atoms in total. The van der Waals surface area contributed by atoms with E-state index in [1.54, 1.807) is 41.2 Å². The van der Waals surface area contributed by atoms with E-state index in [4.69, 9.17) is 16.3 Å². The number of benzene rings is 3. The van der Waals surface area contributed by atoms with Crippen molar-refractivity contribution in [1.82, 2.24) is 35.2 Å². The van der Waals surface area contributed by atoms with Crippen LogP contribution in [-0.4, -0.2) is 94.6 Å². The first-order chi connectivity index (χ1) is 27.3. The third-order valence-corrected chi connectivity index (χ3v) is 11.3. The average Bonchev–Trinajstić information content (AvgIpc) is 3.81. The summed E-state index contributed by atoms with van der Waals surface area (Å²) in [6.45, 7) is 0.633. The standard InChI is InChI=1S/C36H36ClN9O10S/c37-32-24-16-22(9-8-20(24)15-27(47)33(32)45-19-30(50)42-57(45,54)55)56-14-12-38-28(48)7-2-1-3-13-44-18-21(41-43-44)17-39-25-6-4-5-23-31(25)36(53)46(35(23)52)26-10-11-29(49)40-34(26)51/h4-6,8-9,15-16,18,26,39,47H,1-3,7,10-14,17,19H2,(H,38,48)(H,42,50)(H,40,49,51). The van der Waals surface area contributed by atoms with Crippen molar-refractivity contribution in [2.24, 2.45) is 0 Å². The molecule has 6 amide bonds. The van der Waals surface area contributed by atoms with Crippen molar-refractivity contribution >= 4 is 79.4 Å². The largest absolute Gasteiger partial charge is 0.506 e. The van der Waals surface area contributed by atoms with Gasteiger partial charge in [-0.25, -0.2) is 9.03 Å². The van der Waals surface area contributed by atoms with Crippen molar-refractivity contribution in [1.29, 1.82) is 0 Å². The second-order valence-corrected chi connectivity index (χ2v) is 15.5. The summed E-state index contributed by atoms with van der Waals surface area (Å²) >= 11 is 6.51. The summed E-state index contributed by atoms with van der Waals surface area (Å²) in [6.07, 6.45) is 4.31. The number of amides is 6. The number of aromatic hydroxyl groups is 1. The number of hydrogen-bond donors (Lipinski definition) is 5. The molecule has 0 bridgehead atoms. The number of aryl methyl sites for hydroxylation is 1. The predicted octanol–water partition coefficient (Wildman–Crippen LogP) is 1.74. The quantitative estimate of drug-likeness (QED) is 0.0848. The topological polar surface area (TPSA) is 251 Å². The van der Waals surface area contributed by atoms with Gasteiger partial charge in [0.05, 0.1) is 35.4 Å². The Morgan fingerprint density at radius 3 is 2.63 bits per heavy atom. The predicted molar refractivity (Wildman–Crippen MR) is 202 cm³/mol. The lowest BCUT2D eigenvalue weighted by molar-refractivity contribution is -0.136. The smallest absolute Gasteiger partial charge is 0.326 e. The number of halogens is 1. The van der Waals surface area contributed by atoms with Gasteiger partial charge in [0.15, 0.2) is 0 Å². The second-order valence-electron chi connectivity index (χ2n) is 13.5. The summed E-state index contributed by atoms with van der Waals surface area (Å²) in [6, 6.07) is 9.97. The normalized spacial score (nSPS) is 17.5. The summed E-state index contributed by atoms with van der Waals surface area (Å²) in [5.74, 6) is -3.22. The van der Waals surface area contributed by atoms with Gasteiger partial charge in [-0.3, -0.25) is 43.7 Å². The van der Waals surface area contributed by atoms with E-state index in [-0.39, 0.29) is 60.3 Å². The highest BCUT2D eigenvalue weighted by molar-refractivity contribution is 7.92. The van der Waals surface area contributed by atoms with Crippen LogP contribution in [0.25, 0.3) is 10.8 Å². The average molecular weight is 822 g/mol. The Bertz CT molecular complexity index is 2440. The van der Waals surface area contributed by atoms with E-state index in [1.807, 2.05) is 4.72 Å². The molecule has 0 radical (unpaired) electrons. The van der Waals surface area contributed by atoms with Crippen LogP contribution in [0.5, 0.6) is 11.5 Å². The number of hydrogen-bond acceptors (Lipinski definition) is 13. The maximum absolute atomic E-state index is 13.3. The number of phenolic OH excluding ortho intramolecular Hbond substituents is 1. The van der Waals surface area contributed by atoms with Gasteiger partial charge >= 0.3 is 10.2 Å². The summed E-state index contributed by atoms with van der Waals surface area (Å²) in [7, 11) is -4.20. The number of piperidine rings is 1. The summed E-state index contributed by atoms with van der Waals surface area (Å²) in [5.41, 5.74) is 1.11.